The smallest absolute Gasteiger partial charge is 0.204 e. The molecule has 0 aliphatic rings. The second kappa shape index (κ2) is 10.4. The Morgan fingerprint density at radius 2 is 1.65 bits per heavy atom. The van der Waals surface area contributed by atoms with Crippen LogP contribution in [0.4, 0.5) is 0 Å². The maximum atomic E-state index is 10.6. The second-order valence-electron chi connectivity index (χ2n) is 5.51. The van der Waals surface area contributed by atoms with Crippen molar-refractivity contribution in [3.05, 3.63) is 46.0 Å². The molecule has 1 aromatic carbocycles. The van der Waals surface area contributed by atoms with Gasteiger partial charge in [0.25, 0.3) is 0 Å². The number of hydrogen-bond acceptors (Lipinski definition) is 2. The summed E-state index contributed by atoms with van der Waals surface area (Å²) in [6, 6.07) is 10.2. The molecule has 0 N–H and O–H groups in total. The van der Waals surface area contributed by atoms with Gasteiger partial charge in [0.05, 0.1) is 0 Å². The van der Waals surface area contributed by atoms with Gasteiger partial charge in [0, 0.05) is 11.3 Å². The predicted octanol–water partition coefficient (Wildman–Crippen LogP) is 5.19. The zero-order chi connectivity index (χ0) is 14.6. The van der Waals surface area contributed by atoms with Crippen molar-refractivity contribution in [2.45, 2.75) is 64.2 Å². The van der Waals surface area contributed by atoms with Crippen LogP contribution >= 0.6 is 0 Å². The van der Waals surface area contributed by atoms with Crippen LogP contribution in [0.15, 0.2) is 30.3 Å². The highest BCUT2D eigenvalue weighted by Gasteiger charge is 2.13. The molecule has 20 heavy (non-hydrogen) atoms. The van der Waals surface area contributed by atoms with Crippen molar-refractivity contribution in [3.63, 3.8) is 0 Å². The van der Waals surface area contributed by atoms with E-state index >= 15 is 0 Å². The molecule has 112 valence electrons. The fraction of sp³-hybridized carbons (Fsp3) is 0.647. The lowest BCUT2D eigenvalue weighted by molar-refractivity contribution is -0.481. The Balaban J connectivity index is 2.37. The third kappa shape index (κ3) is 7.27. The zero-order valence-corrected chi connectivity index (χ0v) is 12.6. The van der Waals surface area contributed by atoms with Gasteiger partial charge < -0.3 is 0 Å². The van der Waals surface area contributed by atoms with Gasteiger partial charge in [-0.25, -0.2) is 0 Å². The summed E-state index contributed by atoms with van der Waals surface area (Å²) >= 11 is 0. The third-order valence-corrected chi connectivity index (χ3v) is 3.84. The Morgan fingerprint density at radius 3 is 2.30 bits per heavy atom. The van der Waals surface area contributed by atoms with Crippen molar-refractivity contribution in [2.24, 2.45) is 0 Å². The Labute approximate surface area is 122 Å². The largest absolute Gasteiger partial charge is 0.265 e. The maximum absolute atomic E-state index is 10.6. The van der Waals surface area contributed by atoms with Crippen molar-refractivity contribution < 1.29 is 4.92 Å². The van der Waals surface area contributed by atoms with Gasteiger partial charge in [-0.1, -0.05) is 75.8 Å². The lowest BCUT2D eigenvalue weighted by Crippen LogP contribution is -2.08. The highest BCUT2D eigenvalue weighted by atomic mass is 16.6. The molecular formula is C17H27NO2. The molecular weight excluding hydrogens is 250 g/mol. The molecule has 0 radical (unpaired) electrons. The van der Waals surface area contributed by atoms with E-state index in [1.807, 2.05) is 18.2 Å². The lowest BCUT2D eigenvalue weighted by atomic mass is 9.90. The zero-order valence-electron chi connectivity index (χ0n) is 12.6. The minimum atomic E-state index is -0.197. The lowest BCUT2D eigenvalue weighted by Gasteiger charge is -2.15. The minimum absolute atomic E-state index is 0.0788. The maximum Gasteiger partial charge on any atom is 0.204 e. The molecule has 1 rings (SSSR count). The van der Waals surface area contributed by atoms with E-state index in [-0.39, 0.29) is 11.5 Å². The monoisotopic (exact) mass is 277 g/mol. The van der Waals surface area contributed by atoms with Gasteiger partial charge in [-0.15, -0.1) is 0 Å². The van der Waals surface area contributed by atoms with Crippen molar-refractivity contribution >= 4 is 0 Å². The van der Waals surface area contributed by atoms with Crippen LogP contribution in [0.1, 0.15) is 69.8 Å². The van der Waals surface area contributed by atoms with Gasteiger partial charge in [-0.05, 0) is 17.9 Å². The number of nitro groups is 1. The van der Waals surface area contributed by atoms with E-state index < -0.39 is 0 Å². The predicted molar refractivity (Wildman–Crippen MR) is 83.7 cm³/mol. The highest BCUT2D eigenvalue weighted by molar-refractivity contribution is 5.19. The van der Waals surface area contributed by atoms with Crippen LogP contribution < -0.4 is 0 Å². The summed E-state index contributed by atoms with van der Waals surface area (Å²) in [5.41, 5.74) is 1.25. The molecule has 1 aromatic rings. The van der Waals surface area contributed by atoms with E-state index in [0.717, 1.165) is 6.42 Å². The number of benzene rings is 1. The molecule has 3 nitrogen and oxygen atoms in total. The summed E-state index contributed by atoms with van der Waals surface area (Å²) in [7, 11) is 0. The summed E-state index contributed by atoms with van der Waals surface area (Å²) in [6.07, 6.45) is 9.38. The fourth-order valence-electron chi connectivity index (χ4n) is 2.64. The molecule has 0 aromatic heterocycles. The van der Waals surface area contributed by atoms with Gasteiger partial charge in [0.15, 0.2) is 0 Å². The summed E-state index contributed by atoms with van der Waals surface area (Å²) in [5, 5.41) is 10.6. The number of nitrogens with zero attached hydrogens (tertiary/aromatic N) is 1. The molecule has 0 heterocycles. The van der Waals surface area contributed by atoms with Crippen LogP contribution in [-0.2, 0) is 0 Å². The minimum Gasteiger partial charge on any atom is -0.265 e. The Hall–Kier alpha value is -1.38. The Bertz CT molecular complexity index is 365. The molecule has 0 spiro atoms. The molecule has 0 saturated heterocycles. The van der Waals surface area contributed by atoms with Crippen molar-refractivity contribution in [2.75, 3.05) is 6.54 Å². The summed E-state index contributed by atoms with van der Waals surface area (Å²) < 4.78 is 0. The van der Waals surface area contributed by atoms with Gasteiger partial charge in [0.2, 0.25) is 6.54 Å². The van der Waals surface area contributed by atoms with E-state index in [1.165, 1.54) is 44.1 Å². The first-order valence-electron chi connectivity index (χ1n) is 7.90. The molecule has 0 saturated carbocycles. The summed E-state index contributed by atoms with van der Waals surface area (Å²) in [6.45, 7) is 2.30. The molecule has 0 bridgehead atoms. The molecule has 1 unspecified atom stereocenters. The topological polar surface area (TPSA) is 43.1 Å². The van der Waals surface area contributed by atoms with Crippen molar-refractivity contribution in [1.29, 1.82) is 0 Å². The average Bonchev–Trinajstić information content (AvgIpc) is 2.46. The third-order valence-electron chi connectivity index (χ3n) is 3.84. The normalized spacial score (nSPS) is 12.2. The van der Waals surface area contributed by atoms with Crippen molar-refractivity contribution in [1.82, 2.24) is 0 Å². The summed E-state index contributed by atoms with van der Waals surface area (Å²) in [4.78, 5) is 10.4. The van der Waals surface area contributed by atoms with E-state index in [1.54, 1.807) is 0 Å². The average molecular weight is 277 g/mol. The van der Waals surface area contributed by atoms with Crippen LogP contribution in [-0.4, -0.2) is 11.5 Å². The van der Waals surface area contributed by atoms with Gasteiger partial charge >= 0.3 is 0 Å². The first-order valence-corrected chi connectivity index (χ1v) is 7.90. The van der Waals surface area contributed by atoms with Crippen LogP contribution in [0.5, 0.6) is 0 Å². The first-order chi connectivity index (χ1) is 9.74. The van der Waals surface area contributed by atoms with Crippen molar-refractivity contribution in [3.8, 4) is 0 Å². The SMILES string of the molecule is CCCCCCCCC(CC[N+](=O)[O-])c1ccccc1. The van der Waals surface area contributed by atoms with Crippen LogP contribution in [0.3, 0.4) is 0 Å². The quantitative estimate of drug-likeness (QED) is 0.317. The van der Waals surface area contributed by atoms with Crippen LogP contribution in [0, 0.1) is 10.1 Å². The Morgan fingerprint density at radius 1 is 1.00 bits per heavy atom. The summed E-state index contributed by atoms with van der Waals surface area (Å²) in [5.74, 6) is 0.341. The molecule has 3 heteroatoms. The highest BCUT2D eigenvalue weighted by Crippen LogP contribution is 2.26. The Kier molecular flexibility index (Phi) is 8.68. The first kappa shape index (κ1) is 16.7. The fourth-order valence-corrected chi connectivity index (χ4v) is 2.64. The van der Waals surface area contributed by atoms with Gasteiger partial charge in [0.1, 0.15) is 0 Å². The number of hydrogen-bond donors (Lipinski definition) is 0. The van der Waals surface area contributed by atoms with E-state index in [2.05, 4.69) is 19.1 Å². The van der Waals surface area contributed by atoms with Crippen LogP contribution in [0.25, 0.3) is 0 Å². The molecule has 0 aliphatic heterocycles. The van der Waals surface area contributed by atoms with Gasteiger partial charge in [-0.3, -0.25) is 10.1 Å². The molecule has 0 fully saturated rings. The molecule has 0 amide bonds. The number of unbranched alkanes of at least 4 members (excludes halogenated alkanes) is 5. The van der Waals surface area contributed by atoms with E-state index in [4.69, 9.17) is 0 Å². The standard InChI is InChI=1S/C17H27NO2/c1-2-3-4-5-6-8-13-17(14-15-18(19)20)16-11-9-7-10-12-16/h7,9-12,17H,2-6,8,13-15H2,1H3. The molecule has 0 aliphatic carbocycles. The molecule has 1 atom stereocenters. The van der Waals surface area contributed by atoms with Crippen LogP contribution in [0.2, 0.25) is 0 Å². The van der Waals surface area contributed by atoms with Gasteiger partial charge in [-0.2, -0.15) is 0 Å². The number of rotatable bonds is 11. The van der Waals surface area contributed by atoms with E-state index in [9.17, 15) is 10.1 Å². The second-order valence-corrected chi connectivity index (χ2v) is 5.51. The van der Waals surface area contributed by atoms with E-state index in [0.29, 0.717) is 12.3 Å².